The molecule has 0 aromatic heterocycles. The second-order valence-corrected chi connectivity index (χ2v) is 7.07. The standard InChI is InChI=1S/C20H14OS2/c1-3-7-17-13-19(11-9-15(17)5-1)22-21-23-20-12-10-16-6-2-4-8-18(16)14-20/h1-14H. The lowest BCUT2D eigenvalue weighted by Gasteiger charge is -2.04. The average Bonchev–Trinajstić information content (AvgIpc) is 2.61. The quantitative estimate of drug-likeness (QED) is 0.383. The molecule has 112 valence electrons. The maximum absolute atomic E-state index is 5.74. The lowest BCUT2D eigenvalue weighted by molar-refractivity contribution is 0.757. The van der Waals surface area contributed by atoms with E-state index < -0.39 is 0 Å². The van der Waals surface area contributed by atoms with Gasteiger partial charge in [-0.1, -0.05) is 60.7 Å². The predicted molar refractivity (Wildman–Crippen MR) is 101 cm³/mol. The van der Waals surface area contributed by atoms with E-state index >= 15 is 0 Å². The molecule has 0 spiro atoms. The molecule has 23 heavy (non-hydrogen) atoms. The van der Waals surface area contributed by atoms with Gasteiger partial charge in [0.25, 0.3) is 0 Å². The molecule has 3 heteroatoms. The van der Waals surface area contributed by atoms with Crippen LogP contribution in [0.15, 0.2) is 94.7 Å². The summed E-state index contributed by atoms with van der Waals surface area (Å²) in [6, 6.07) is 29.5. The fourth-order valence-electron chi connectivity index (χ4n) is 2.53. The van der Waals surface area contributed by atoms with E-state index in [0.717, 1.165) is 9.79 Å². The molecule has 0 saturated carbocycles. The minimum absolute atomic E-state index is 1.11. The van der Waals surface area contributed by atoms with Gasteiger partial charge in [0.1, 0.15) is 0 Å². The molecule has 0 fully saturated rings. The third-order valence-electron chi connectivity index (χ3n) is 3.70. The summed E-state index contributed by atoms with van der Waals surface area (Å²) in [4.78, 5) is 2.22. The van der Waals surface area contributed by atoms with Crippen molar-refractivity contribution in [3.05, 3.63) is 84.9 Å². The third kappa shape index (κ3) is 3.37. The van der Waals surface area contributed by atoms with E-state index in [0.29, 0.717) is 0 Å². The first-order chi connectivity index (χ1) is 11.4. The SMILES string of the molecule is c1ccc2cc(SOSc3ccc4ccccc4c3)ccc2c1. The van der Waals surface area contributed by atoms with Crippen LogP contribution in [0.4, 0.5) is 0 Å². The molecule has 0 aliphatic carbocycles. The Kier molecular flexibility index (Phi) is 4.24. The van der Waals surface area contributed by atoms with Crippen LogP contribution in [-0.4, -0.2) is 0 Å². The van der Waals surface area contributed by atoms with Gasteiger partial charge >= 0.3 is 0 Å². The van der Waals surface area contributed by atoms with Crippen LogP contribution in [0.5, 0.6) is 0 Å². The van der Waals surface area contributed by atoms with Gasteiger partial charge in [-0.05, 0) is 45.8 Å². The summed E-state index contributed by atoms with van der Waals surface area (Å²) in [5.41, 5.74) is 0. The van der Waals surface area contributed by atoms with Crippen LogP contribution in [0.1, 0.15) is 0 Å². The summed E-state index contributed by atoms with van der Waals surface area (Å²) < 4.78 is 5.74. The first-order valence-corrected chi connectivity index (χ1v) is 8.86. The smallest absolute Gasteiger partial charge is 0.0448 e. The summed E-state index contributed by atoms with van der Waals surface area (Å²) in [6.07, 6.45) is 0. The number of rotatable bonds is 4. The molecule has 0 aliphatic rings. The lowest BCUT2D eigenvalue weighted by Crippen LogP contribution is -1.77. The zero-order valence-electron chi connectivity index (χ0n) is 12.3. The van der Waals surface area contributed by atoms with Crippen molar-refractivity contribution in [3.63, 3.8) is 0 Å². The Morgan fingerprint density at radius 2 is 0.913 bits per heavy atom. The third-order valence-corrected chi connectivity index (χ3v) is 5.14. The monoisotopic (exact) mass is 334 g/mol. The summed E-state index contributed by atoms with van der Waals surface area (Å²) in [5, 5.41) is 4.96. The maximum Gasteiger partial charge on any atom is 0.0448 e. The first kappa shape index (κ1) is 14.6. The van der Waals surface area contributed by atoms with Gasteiger partial charge < -0.3 is 0 Å². The van der Waals surface area contributed by atoms with E-state index in [9.17, 15) is 0 Å². The molecule has 0 bridgehead atoms. The molecule has 0 heterocycles. The molecular formula is C20H14OS2. The zero-order chi connectivity index (χ0) is 15.5. The first-order valence-electron chi connectivity index (χ1n) is 7.37. The van der Waals surface area contributed by atoms with Gasteiger partial charge in [0, 0.05) is 33.9 Å². The van der Waals surface area contributed by atoms with Crippen LogP contribution in [-0.2, 0) is 3.63 Å². The molecule has 0 unspecified atom stereocenters. The molecule has 0 atom stereocenters. The van der Waals surface area contributed by atoms with Crippen LogP contribution in [0.3, 0.4) is 0 Å². The van der Waals surface area contributed by atoms with Gasteiger partial charge in [0.05, 0.1) is 0 Å². The van der Waals surface area contributed by atoms with E-state index in [-0.39, 0.29) is 0 Å². The van der Waals surface area contributed by atoms with Crippen LogP contribution in [0.25, 0.3) is 21.5 Å². The van der Waals surface area contributed by atoms with Gasteiger partial charge in [-0.3, -0.25) is 0 Å². The molecule has 0 N–H and O–H groups in total. The molecule has 4 rings (SSSR count). The summed E-state index contributed by atoms with van der Waals surface area (Å²) in [7, 11) is 0. The van der Waals surface area contributed by atoms with E-state index in [2.05, 4.69) is 84.9 Å². The molecule has 0 radical (unpaired) electrons. The second kappa shape index (κ2) is 6.67. The van der Waals surface area contributed by atoms with Crippen LogP contribution < -0.4 is 0 Å². The number of hydrogen-bond acceptors (Lipinski definition) is 3. The number of fused-ring (bicyclic) bond motifs is 2. The Bertz CT molecular complexity index is 886. The van der Waals surface area contributed by atoms with Crippen molar-refractivity contribution in [1.82, 2.24) is 0 Å². The number of hydrogen-bond donors (Lipinski definition) is 0. The van der Waals surface area contributed by atoms with Gasteiger partial charge in [0.15, 0.2) is 0 Å². The van der Waals surface area contributed by atoms with Crippen molar-refractivity contribution < 1.29 is 3.63 Å². The van der Waals surface area contributed by atoms with Crippen molar-refractivity contribution in [2.45, 2.75) is 9.79 Å². The van der Waals surface area contributed by atoms with Gasteiger partial charge in [-0.2, -0.15) is 0 Å². The summed E-state index contributed by atoms with van der Waals surface area (Å²) in [6.45, 7) is 0. The Balaban J connectivity index is 1.45. The highest BCUT2D eigenvalue weighted by Crippen LogP contribution is 2.32. The fourth-order valence-corrected chi connectivity index (χ4v) is 3.90. The summed E-state index contributed by atoms with van der Waals surface area (Å²) in [5.74, 6) is 0. The highest BCUT2D eigenvalue weighted by Gasteiger charge is 2.01. The second-order valence-electron chi connectivity index (χ2n) is 5.25. The minimum Gasteiger partial charge on any atom is -0.237 e. The highest BCUT2D eigenvalue weighted by molar-refractivity contribution is 8.07. The van der Waals surface area contributed by atoms with Crippen LogP contribution in [0.2, 0.25) is 0 Å². The Morgan fingerprint density at radius 1 is 0.478 bits per heavy atom. The highest BCUT2D eigenvalue weighted by atomic mass is 32.2. The molecule has 1 nitrogen and oxygen atoms in total. The van der Waals surface area contributed by atoms with E-state index in [1.54, 1.807) is 0 Å². The predicted octanol–water partition coefficient (Wildman–Crippen LogP) is 6.72. The van der Waals surface area contributed by atoms with Crippen molar-refractivity contribution in [1.29, 1.82) is 0 Å². The molecule has 0 aliphatic heterocycles. The largest absolute Gasteiger partial charge is 0.237 e. The Hall–Kier alpha value is -1.94. The van der Waals surface area contributed by atoms with Crippen molar-refractivity contribution in [2.24, 2.45) is 0 Å². The Labute approximate surface area is 144 Å². The number of benzene rings is 4. The maximum atomic E-state index is 5.74. The van der Waals surface area contributed by atoms with E-state index in [1.807, 2.05) is 0 Å². The minimum atomic E-state index is 1.11. The summed E-state index contributed by atoms with van der Waals surface area (Å²) >= 11 is 2.80. The molecule has 0 amide bonds. The molecular weight excluding hydrogens is 320 g/mol. The van der Waals surface area contributed by atoms with E-state index in [4.69, 9.17) is 3.63 Å². The van der Waals surface area contributed by atoms with Crippen LogP contribution in [0, 0.1) is 0 Å². The molecule has 4 aromatic carbocycles. The van der Waals surface area contributed by atoms with Crippen molar-refractivity contribution in [2.75, 3.05) is 0 Å². The topological polar surface area (TPSA) is 9.23 Å². The fraction of sp³-hybridized carbons (Fsp3) is 0. The van der Waals surface area contributed by atoms with Gasteiger partial charge in [-0.15, -0.1) is 0 Å². The molecule has 4 aromatic rings. The average molecular weight is 334 g/mol. The van der Waals surface area contributed by atoms with E-state index in [1.165, 1.54) is 45.6 Å². The normalized spacial score (nSPS) is 11.1. The van der Waals surface area contributed by atoms with Crippen LogP contribution >= 0.6 is 24.1 Å². The van der Waals surface area contributed by atoms with Crippen molar-refractivity contribution >= 4 is 45.6 Å². The van der Waals surface area contributed by atoms with Gasteiger partial charge in [0.2, 0.25) is 0 Å². The molecule has 0 saturated heterocycles. The lowest BCUT2D eigenvalue weighted by atomic mass is 10.1. The van der Waals surface area contributed by atoms with Crippen molar-refractivity contribution in [3.8, 4) is 0 Å². The Morgan fingerprint density at radius 3 is 1.39 bits per heavy atom. The zero-order valence-corrected chi connectivity index (χ0v) is 13.9. The van der Waals surface area contributed by atoms with Gasteiger partial charge in [-0.25, -0.2) is 3.63 Å².